The van der Waals surface area contributed by atoms with Crippen LogP contribution in [-0.2, 0) is 9.47 Å². The fraction of sp³-hybridized carbons (Fsp3) is 0.524. The summed E-state index contributed by atoms with van der Waals surface area (Å²) in [7, 11) is 0. The molecule has 3 N–H and O–H groups in total. The number of nitrogens with two attached hydrogens (primary N) is 1. The summed E-state index contributed by atoms with van der Waals surface area (Å²) in [6, 6.07) is 1.45. The maximum Gasteiger partial charge on any atom is 0.410 e. The first-order valence-electron chi connectivity index (χ1n) is 10.2. The molecular weight excluding hydrogens is 402 g/mol. The van der Waals surface area contributed by atoms with E-state index in [0.717, 1.165) is 0 Å². The van der Waals surface area contributed by atoms with Crippen LogP contribution in [0.5, 0.6) is 0 Å². The van der Waals surface area contributed by atoms with Crippen LogP contribution in [-0.4, -0.2) is 63.8 Å². The minimum atomic E-state index is -0.647. The van der Waals surface area contributed by atoms with Crippen molar-refractivity contribution in [3.63, 3.8) is 0 Å². The molecule has 0 unspecified atom stereocenters. The Morgan fingerprint density at radius 1 is 1.29 bits per heavy atom. The van der Waals surface area contributed by atoms with E-state index in [1.165, 1.54) is 16.9 Å². The molecule has 1 aliphatic rings. The topological polar surface area (TPSA) is 128 Å². The second kappa shape index (κ2) is 8.44. The number of hydrogen-bond acceptors (Lipinski definition) is 7. The van der Waals surface area contributed by atoms with Gasteiger partial charge in [-0.15, -0.1) is 0 Å². The van der Waals surface area contributed by atoms with E-state index in [2.05, 4.69) is 10.4 Å². The predicted octanol–water partition coefficient (Wildman–Crippen LogP) is 2.28. The van der Waals surface area contributed by atoms with E-state index < -0.39 is 17.5 Å². The van der Waals surface area contributed by atoms with Crippen molar-refractivity contribution in [2.75, 3.05) is 25.0 Å². The van der Waals surface area contributed by atoms with E-state index in [1.807, 2.05) is 27.7 Å². The van der Waals surface area contributed by atoms with Gasteiger partial charge in [-0.05, 0) is 39.7 Å². The molecule has 10 nitrogen and oxygen atoms in total. The predicted molar refractivity (Wildman–Crippen MR) is 114 cm³/mol. The number of aromatic nitrogens is 2. The van der Waals surface area contributed by atoms with Crippen molar-refractivity contribution in [3.05, 3.63) is 29.6 Å². The third-order valence-corrected chi connectivity index (χ3v) is 5.01. The van der Waals surface area contributed by atoms with E-state index in [9.17, 15) is 14.4 Å². The van der Waals surface area contributed by atoms with Crippen LogP contribution in [0.25, 0.3) is 5.52 Å². The zero-order valence-electron chi connectivity index (χ0n) is 18.5. The highest BCUT2D eigenvalue weighted by atomic mass is 16.6. The fourth-order valence-electron chi connectivity index (χ4n) is 3.54. The number of esters is 1. The normalized spacial score (nSPS) is 18.8. The average Bonchev–Trinajstić information content (AvgIpc) is 3.25. The number of anilines is 1. The molecule has 0 aliphatic carbocycles. The van der Waals surface area contributed by atoms with Crippen LogP contribution in [0.4, 0.5) is 10.5 Å². The van der Waals surface area contributed by atoms with E-state index in [1.54, 1.807) is 17.9 Å². The first kappa shape index (κ1) is 22.4. The van der Waals surface area contributed by atoms with Crippen LogP contribution in [0.1, 0.15) is 55.3 Å². The van der Waals surface area contributed by atoms with Gasteiger partial charge in [-0.25, -0.2) is 14.1 Å². The number of carbonyl (C=O) groups excluding carboxylic acids is 3. The summed E-state index contributed by atoms with van der Waals surface area (Å²) in [6.45, 7) is 10.3. The maximum atomic E-state index is 12.5. The summed E-state index contributed by atoms with van der Waals surface area (Å²) < 4.78 is 12.0. The summed E-state index contributed by atoms with van der Waals surface area (Å²) >= 11 is 0. The summed E-state index contributed by atoms with van der Waals surface area (Å²) in [6.07, 6.45) is 2.51. The molecule has 2 aromatic heterocycles. The number of nitrogens with one attached hydrogen (secondary N) is 1. The number of primary amides is 1. The van der Waals surface area contributed by atoms with Crippen LogP contribution in [0.3, 0.4) is 0 Å². The van der Waals surface area contributed by atoms with Crippen LogP contribution in [0.2, 0.25) is 0 Å². The molecule has 3 heterocycles. The van der Waals surface area contributed by atoms with Crippen molar-refractivity contribution in [3.8, 4) is 0 Å². The summed E-state index contributed by atoms with van der Waals surface area (Å²) in [5.74, 6) is -1.04. The van der Waals surface area contributed by atoms with Gasteiger partial charge in [-0.2, -0.15) is 5.10 Å². The van der Waals surface area contributed by atoms with Gasteiger partial charge < -0.3 is 25.4 Å². The molecule has 1 aliphatic heterocycles. The molecule has 0 saturated carbocycles. The van der Waals surface area contributed by atoms with Gasteiger partial charge in [-0.3, -0.25) is 4.79 Å². The van der Waals surface area contributed by atoms with Crippen LogP contribution in [0.15, 0.2) is 18.5 Å². The molecule has 0 bridgehead atoms. The van der Waals surface area contributed by atoms with Crippen LogP contribution in [0, 0.1) is 5.92 Å². The van der Waals surface area contributed by atoms with Crippen molar-refractivity contribution in [2.24, 2.45) is 11.7 Å². The molecule has 2 amide bonds. The molecule has 2 aromatic rings. The highest BCUT2D eigenvalue weighted by Crippen LogP contribution is 2.28. The highest BCUT2D eigenvalue weighted by Gasteiger charge is 2.35. The van der Waals surface area contributed by atoms with Crippen molar-refractivity contribution in [1.82, 2.24) is 14.5 Å². The third kappa shape index (κ3) is 4.89. The standard InChI is InChI=1S/C21H29N5O5/c1-6-30-19(28)13-7-16-17(14(18(22)27)8-23-26(16)10-13)24-15-11-25(9-12(15)2)20(29)31-21(3,4)5/h7-8,10,12,15,24H,6,9,11H2,1-5H3,(H2,22,27)/t12-,15+/m0/s1. The molecule has 0 radical (unpaired) electrons. The Morgan fingerprint density at radius 3 is 2.61 bits per heavy atom. The van der Waals surface area contributed by atoms with Gasteiger partial charge in [-0.1, -0.05) is 6.92 Å². The first-order valence-corrected chi connectivity index (χ1v) is 10.2. The fourth-order valence-corrected chi connectivity index (χ4v) is 3.54. The summed E-state index contributed by atoms with van der Waals surface area (Å²) in [4.78, 5) is 38.3. The highest BCUT2D eigenvalue weighted by molar-refractivity contribution is 6.03. The molecule has 1 saturated heterocycles. The van der Waals surface area contributed by atoms with E-state index in [-0.39, 0.29) is 30.2 Å². The SMILES string of the molecule is CCOC(=O)c1cc2c(N[C@@H]3CN(C(=O)OC(C)(C)C)C[C@@H]3C)c(C(N)=O)cnn2c1. The van der Waals surface area contributed by atoms with Crippen molar-refractivity contribution >= 4 is 29.2 Å². The molecule has 10 heteroatoms. The number of fused-ring (bicyclic) bond motifs is 1. The number of ether oxygens (including phenoxy) is 2. The Balaban J connectivity index is 1.90. The smallest absolute Gasteiger partial charge is 0.410 e. The molecule has 0 aromatic carbocycles. The van der Waals surface area contributed by atoms with Gasteiger partial charge in [0.05, 0.1) is 35.1 Å². The Bertz CT molecular complexity index is 1010. The van der Waals surface area contributed by atoms with Gasteiger partial charge in [0.25, 0.3) is 5.91 Å². The largest absolute Gasteiger partial charge is 0.462 e. The van der Waals surface area contributed by atoms with Gasteiger partial charge >= 0.3 is 12.1 Å². The Kier molecular flexibility index (Phi) is 6.10. The lowest BCUT2D eigenvalue weighted by atomic mass is 10.1. The summed E-state index contributed by atoms with van der Waals surface area (Å²) in [5, 5.41) is 7.54. The average molecular weight is 431 g/mol. The molecule has 168 valence electrons. The molecule has 31 heavy (non-hydrogen) atoms. The lowest BCUT2D eigenvalue weighted by molar-refractivity contribution is 0.0288. The van der Waals surface area contributed by atoms with Gasteiger partial charge in [0.15, 0.2) is 0 Å². The van der Waals surface area contributed by atoms with E-state index in [4.69, 9.17) is 15.2 Å². The number of amides is 2. The lowest BCUT2D eigenvalue weighted by Gasteiger charge is -2.24. The quantitative estimate of drug-likeness (QED) is 0.695. The number of nitrogens with zero attached hydrogens (tertiary/aromatic N) is 3. The van der Waals surface area contributed by atoms with Gasteiger partial charge in [0.2, 0.25) is 0 Å². The van der Waals surface area contributed by atoms with Crippen molar-refractivity contribution in [2.45, 2.75) is 46.3 Å². The second-order valence-electron chi connectivity index (χ2n) is 8.69. The van der Waals surface area contributed by atoms with E-state index >= 15 is 0 Å². The third-order valence-electron chi connectivity index (χ3n) is 5.01. The van der Waals surface area contributed by atoms with Crippen LogP contribution >= 0.6 is 0 Å². The van der Waals surface area contributed by atoms with Gasteiger partial charge in [0.1, 0.15) is 5.60 Å². The molecule has 2 atom stereocenters. The number of carbonyl (C=O) groups is 3. The Hall–Kier alpha value is -3.30. The monoisotopic (exact) mass is 431 g/mol. The Morgan fingerprint density at radius 2 is 2.00 bits per heavy atom. The van der Waals surface area contributed by atoms with Crippen molar-refractivity contribution < 1.29 is 23.9 Å². The second-order valence-corrected chi connectivity index (χ2v) is 8.69. The Labute approximate surface area is 180 Å². The minimum absolute atomic E-state index is 0.0842. The molecule has 3 rings (SSSR count). The zero-order valence-corrected chi connectivity index (χ0v) is 18.5. The first-order chi connectivity index (χ1) is 14.5. The number of rotatable bonds is 5. The van der Waals surface area contributed by atoms with Crippen LogP contribution < -0.4 is 11.1 Å². The van der Waals surface area contributed by atoms with E-state index in [0.29, 0.717) is 29.9 Å². The van der Waals surface area contributed by atoms with Crippen molar-refractivity contribution in [1.29, 1.82) is 0 Å². The zero-order chi connectivity index (χ0) is 22.9. The summed E-state index contributed by atoms with van der Waals surface area (Å²) in [5.41, 5.74) is 6.47. The number of hydrogen-bond donors (Lipinski definition) is 2. The number of likely N-dealkylation sites (tertiary alicyclic amines) is 1. The van der Waals surface area contributed by atoms with Gasteiger partial charge in [0, 0.05) is 25.3 Å². The lowest BCUT2D eigenvalue weighted by Crippen LogP contribution is -2.36. The molecule has 1 fully saturated rings. The minimum Gasteiger partial charge on any atom is -0.462 e. The maximum absolute atomic E-state index is 12.5. The molecule has 0 spiro atoms. The molecular formula is C21H29N5O5.